The van der Waals surface area contributed by atoms with E-state index in [1.54, 1.807) is 17.2 Å². The van der Waals surface area contributed by atoms with Crippen molar-refractivity contribution in [2.75, 3.05) is 13.1 Å². The number of halogens is 1. The Morgan fingerprint density at radius 2 is 2.17 bits per heavy atom. The number of hydrogen-bond donors (Lipinski definition) is 0. The molecule has 0 bridgehead atoms. The summed E-state index contributed by atoms with van der Waals surface area (Å²) in [6.07, 6.45) is 3.77. The Hall–Kier alpha value is -2.22. The van der Waals surface area contributed by atoms with Crippen LogP contribution in [-0.2, 0) is 11.3 Å². The third-order valence-corrected chi connectivity index (χ3v) is 4.17. The van der Waals surface area contributed by atoms with Crippen LogP contribution < -0.4 is 10.3 Å². The molecular formula is C15H15BrN4O3. The number of aromatic nitrogens is 3. The van der Waals surface area contributed by atoms with Crippen LogP contribution in [0.1, 0.15) is 6.42 Å². The van der Waals surface area contributed by atoms with E-state index in [0.29, 0.717) is 19.0 Å². The molecule has 0 unspecified atom stereocenters. The average Bonchev–Trinajstić information content (AvgIpc) is 3.01. The minimum atomic E-state index is -0.287. The molecule has 1 aliphatic rings. The van der Waals surface area contributed by atoms with E-state index in [1.165, 1.54) is 12.3 Å². The summed E-state index contributed by atoms with van der Waals surface area (Å²) in [4.78, 5) is 29.7. The smallest absolute Gasteiger partial charge is 0.267 e. The van der Waals surface area contributed by atoms with Gasteiger partial charge in [0.15, 0.2) is 0 Å². The normalized spacial score (nSPS) is 17.3. The second-order valence-corrected chi connectivity index (χ2v) is 6.03. The molecule has 1 aliphatic heterocycles. The number of ether oxygens (including phenoxy) is 1. The Bertz CT molecular complexity index is 764. The lowest BCUT2D eigenvalue weighted by Gasteiger charge is -2.17. The van der Waals surface area contributed by atoms with Crippen molar-refractivity contribution in [2.45, 2.75) is 19.1 Å². The summed E-state index contributed by atoms with van der Waals surface area (Å²) >= 11 is 3.39. The van der Waals surface area contributed by atoms with Crippen LogP contribution in [0.25, 0.3) is 0 Å². The van der Waals surface area contributed by atoms with Crippen molar-refractivity contribution in [3.05, 3.63) is 51.5 Å². The van der Waals surface area contributed by atoms with Crippen molar-refractivity contribution in [2.24, 2.45) is 0 Å². The summed E-state index contributed by atoms with van der Waals surface area (Å²) < 4.78 is 7.77. The molecule has 1 amide bonds. The molecule has 3 heterocycles. The summed E-state index contributed by atoms with van der Waals surface area (Å²) in [5.41, 5.74) is -0.287. The number of nitrogens with zero attached hydrogens (tertiary/aromatic N) is 4. The van der Waals surface area contributed by atoms with E-state index in [2.05, 4.69) is 26.0 Å². The first kappa shape index (κ1) is 15.7. The van der Waals surface area contributed by atoms with Crippen LogP contribution in [0.5, 0.6) is 5.88 Å². The number of rotatable bonds is 4. The third-order valence-electron chi connectivity index (χ3n) is 3.57. The monoisotopic (exact) mass is 378 g/mol. The van der Waals surface area contributed by atoms with Gasteiger partial charge in [-0.15, -0.1) is 0 Å². The zero-order valence-electron chi connectivity index (χ0n) is 12.3. The van der Waals surface area contributed by atoms with Crippen molar-refractivity contribution >= 4 is 21.8 Å². The van der Waals surface area contributed by atoms with Crippen molar-refractivity contribution in [3.63, 3.8) is 0 Å². The number of likely N-dealkylation sites (tertiary alicyclic amines) is 1. The third kappa shape index (κ3) is 3.76. The van der Waals surface area contributed by atoms with Gasteiger partial charge >= 0.3 is 0 Å². The highest BCUT2D eigenvalue weighted by Crippen LogP contribution is 2.24. The van der Waals surface area contributed by atoms with Crippen molar-refractivity contribution < 1.29 is 9.53 Å². The number of pyridine rings is 1. The summed E-state index contributed by atoms with van der Waals surface area (Å²) in [6.45, 7) is 1.01. The highest BCUT2D eigenvalue weighted by atomic mass is 79.9. The molecule has 0 N–H and O–H groups in total. The minimum absolute atomic E-state index is 0.0559. The summed E-state index contributed by atoms with van der Waals surface area (Å²) in [6, 6.07) is 6.60. The lowest BCUT2D eigenvalue weighted by molar-refractivity contribution is -0.131. The van der Waals surface area contributed by atoms with Gasteiger partial charge in [-0.3, -0.25) is 9.59 Å². The molecule has 0 saturated carbocycles. The standard InChI is InChI=1S/C15H15BrN4O3/c16-12-3-1-6-17-15(12)23-11-5-8-19(9-11)14(22)10-20-13(21)4-2-7-18-20/h1-4,6-7,11H,5,8-10H2/t11-/m0/s1. The quantitative estimate of drug-likeness (QED) is 0.795. The highest BCUT2D eigenvalue weighted by Gasteiger charge is 2.28. The molecule has 2 aromatic rings. The van der Waals surface area contributed by atoms with Gasteiger partial charge in [-0.2, -0.15) is 5.10 Å². The molecule has 120 valence electrons. The first-order chi connectivity index (χ1) is 11.1. The number of carbonyl (C=O) groups is 1. The van der Waals surface area contributed by atoms with Gasteiger partial charge in [-0.1, -0.05) is 0 Å². The largest absolute Gasteiger partial charge is 0.472 e. The SMILES string of the molecule is O=C(Cn1ncccc1=O)N1CC[C@H](Oc2ncccc2Br)C1. The van der Waals surface area contributed by atoms with E-state index in [9.17, 15) is 9.59 Å². The Morgan fingerprint density at radius 1 is 1.35 bits per heavy atom. The average molecular weight is 379 g/mol. The summed E-state index contributed by atoms with van der Waals surface area (Å²) in [5.74, 6) is 0.379. The van der Waals surface area contributed by atoms with Gasteiger partial charge in [-0.25, -0.2) is 9.67 Å². The van der Waals surface area contributed by atoms with Crippen molar-refractivity contribution in [1.29, 1.82) is 0 Å². The van der Waals surface area contributed by atoms with Gasteiger partial charge in [0.05, 0.1) is 11.0 Å². The molecule has 7 nitrogen and oxygen atoms in total. The molecular weight excluding hydrogens is 364 g/mol. The van der Waals surface area contributed by atoms with E-state index in [4.69, 9.17) is 4.74 Å². The molecule has 0 aliphatic carbocycles. The van der Waals surface area contributed by atoms with Gasteiger partial charge in [0, 0.05) is 31.4 Å². The highest BCUT2D eigenvalue weighted by molar-refractivity contribution is 9.10. The zero-order valence-corrected chi connectivity index (χ0v) is 13.8. The van der Waals surface area contributed by atoms with Crippen molar-refractivity contribution in [1.82, 2.24) is 19.7 Å². The molecule has 1 fully saturated rings. The number of carbonyl (C=O) groups excluding carboxylic acids is 1. The topological polar surface area (TPSA) is 77.3 Å². The molecule has 1 saturated heterocycles. The Kier molecular flexibility index (Phi) is 4.71. The maximum absolute atomic E-state index is 12.3. The van der Waals surface area contributed by atoms with E-state index in [-0.39, 0.29) is 24.1 Å². The van der Waals surface area contributed by atoms with E-state index in [1.807, 2.05) is 12.1 Å². The van der Waals surface area contributed by atoms with E-state index in [0.717, 1.165) is 15.6 Å². The Labute approximate surface area is 141 Å². The molecule has 23 heavy (non-hydrogen) atoms. The Balaban J connectivity index is 1.59. The fourth-order valence-corrected chi connectivity index (χ4v) is 2.75. The second kappa shape index (κ2) is 6.91. The van der Waals surface area contributed by atoms with E-state index < -0.39 is 0 Å². The molecule has 0 aromatic carbocycles. The van der Waals surface area contributed by atoms with Gasteiger partial charge in [-0.05, 0) is 34.1 Å². The van der Waals surface area contributed by atoms with Crippen LogP contribution in [0, 0.1) is 0 Å². The maximum atomic E-state index is 12.3. The van der Waals surface area contributed by atoms with Crippen molar-refractivity contribution in [3.8, 4) is 5.88 Å². The molecule has 2 aromatic heterocycles. The fourth-order valence-electron chi connectivity index (χ4n) is 2.40. The molecule has 8 heteroatoms. The maximum Gasteiger partial charge on any atom is 0.267 e. The van der Waals surface area contributed by atoms with Gasteiger partial charge in [0.1, 0.15) is 12.6 Å². The van der Waals surface area contributed by atoms with Crippen LogP contribution in [0.15, 0.2) is 45.9 Å². The zero-order chi connectivity index (χ0) is 16.2. The lowest BCUT2D eigenvalue weighted by Crippen LogP contribution is -2.36. The Morgan fingerprint density at radius 3 is 2.96 bits per heavy atom. The molecule has 1 atom stereocenters. The van der Waals surface area contributed by atoms with Gasteiger partial charge in [0.2, 0.25) is 11.8 Å². The van der Waals surface area contributed by atoms with Crippen LogP contribution in [0.4, 0.5) is 0 Å². The van der Waals surface area contributed by atoms with Crippen LogP contribution in [-0.4, -0.2) is 44.8 Å². The van der Waals surface area contributed by atoms with E-state index >= 15 is 0 Å². The molecule has 3 rings (SSSR count). The first-order valence-electron chi connectivity index (χ1n) is 7.20. The molecule has 0 spiro atoms. The van der Waals surface area contributed by atoms with Gasteiger partial charge < -0.3 is 9.64 Å². The second-order valence-electron chi connectivity index (χ2n) is 5.18. The van der Waals surface area contributed by atoms with Crippen LogP contribution in [0.2, 0.25) is 0 Å². The predicted octanol–water partition coefficient (Wildman–Crippen LogP) is 1.08. The predicted molar refractivity (Wildman–Crippen MR) is 86.0 cm³/mol. The first-order valence-corrected chi connectivity index (χ1v) is 8.00. The lowest BCUT2D eigenvalue weighted by atomic mass is 10.3. The summed E-state index contributed by atoms with van der Waals surface area (Å²) in [7, 11) is 0. The number of hydrogen-bond acceptors (Lipinski definition) is 5. The van der Waals surface area contributed by atoms with Crippen LogP contribution >= 0.6 is 15.9 Å². The fraction of sp³-hybridized carbons (Fsp3) is 0.333. The van der Waals surface area contributed by atoms with Crippen LogP contribution in [0.3, 0.4) is 0 Å². The number of amides is 1. The molecule has 0 radical (unpaired) electrons. The minimum Gasteiger partial charge on any atom is -0.472 e. The summed E-state index contributed by atoms with van der Waals surface area (Å²) in [5, 5.41) is 3.90. The van der Waals surface area contributed by atoms with Gasteiger partial charge in [0.25, 0.3) is 5.56 Å².